The molecular formula is C18H26N6O. The predicted molar refractivity (Wildman–Crippen MR) is 97.1 cm³/mol. The highest BCUT2D eigenvalue weighted by atomic mass is 16.2. The summed E-state index contributed by atoms with van der Waals surface area (Å²) in [6.45, 7) is 9.29. The number of hydrogen-bond donors (Lipinski definition) is 1. The molecule has 1 unspecified atom stereocenters. The predicted octanol–water partition coefficient (Wildman–Crippen LogP) is 1.44. The maximum Gasteiger partial charge on any atom is 0.238 e. The molecule has 0 aromatic carbocycles. The lowest BCUT2D eigenvalue weighted by atomic mass is 10.2. The van der Waals surface area contributed by atoms with Crippen LogP contribution >= 0.6 is 0 Å². The first-order chi connectivity index (χ1) is 12.2. The number of carbonyl (C=O) groups is 1. The van der Waals surface area contributed by atoms with Crippen molar-refractivity contribution in [1.29, 1.82) is 0 Å². The van der Waals surface area contributed by atoms with E-state index in [2.05, 4.69) is 43.5 Å². The van der Waals surface area contributed by atoms with Gasteiger partial charge in [0.05, 0.1) is 13.1 Å². The lowest BCUT2D eigenvalue weighted by Crippen LogP contribution is -2.53. The summed E-state index contributed by atoms with van der Waals surface area (Å²) in [6, 6.07) is 3.99. The van der Waals surface area contributed by atoms with Crippen LogP contribution in [-0.2, 0) is 17.9 Å². The van der Waals surface area contributed by atoms with Gasteiger partial charge in [0.2, 0.25) is 5.91 Å². The molecule has 0 saturated carbocycles. The number of hydrogen-bond acceptors (Lipinski definition) is 5. The number of piperazine rings is 1. The Labute approximate surface area is 148 Å². The van der Waals surface area contributed by atoms with Crippen molar-refractivity contribution in [3.05, 3.63) is 42.7 Å². The first-order valence-electron chi connectivity index (χ1n) is 8.82. The van der Waals surface area contributed by atoms with Gasteiger partial charge in [0.1, 0.15) is 5.82 Å². The first-order valence-corrected chi connectivity index (χ1v) is 8.82. The van der Waals surface area contributed by atoms with E-state index in [0.29, 0.717) is 12.6 Å². The van der Waals surface area contributed by atoms with E-state index in [1.165, 1.54) is 0 Å². The van der Waals surface area contributed by atoms with Crippen LogP contribution in [0.3, 0.4) is 0 Å². The number of nitrogens with one attached hydrogen (secondary N) is 1. The van der Waals surface area contributed by atoms with Gasteiger partial charge in [-0.2, -0.15) is 0 Å². The van der Waals surface area contributed by atoms with Gasteiger partial charge in [-0.25, -0.2) is 4.98 Å². The Morgan fingerprint density at radius 1 is 1.28 bits per heavy atom. The Hall–Kier alpha value is -2.25. The van der Waals surface area contributed by atoms with Crippen LogP contribution in [0.4, 0.5) is 5.69 Å². The molecule has 2 aromatic rings. The summed E-state index contributed by atoms with van der Waals surface area (Å²) >= 11 is 0. The third-order valence-corrected chi connectivity index (χ3v) is 4.67. The maximum atomic E-state index is 12.2. The van der Waals surface area contributed by atoms with Crippen LogP contribution in [0, 0.1) is 0 Å². The van der Waals surface area contributed by atoms with Gasteiger partial charge in [0.15, 0.2) is 0 Å². The fourth-order valence-electron chi connectivity index (χ4n) is 3.25. The summed E-state index contributed by atoms with van der Waals surface area (Å²) in [7, 11) is 0. The molecule has 7 heteroatoms. The number of rotatable bonds is 6. The highest BCUT2D eigenvalue weighted by Gasteiger charge is 2.25. The van der Waals surface area contributed by atoms with Crippen LogP contribution in [0.1, 0.15) is 19.7 Å². The number of carbonyl (C=O) groups excluding carboxylic acids is 1. The van der Waals surface area contributed by atoms with Crippen molar-refractivity contribution in [3.63, 3.8) is 0 Å². The van der Waals surface area contributed by atoms with E-state index in [1.54, 1.807) is 24.5 Å². The molecule has 1 aliphatic heterocycles. The van der Waals surface area contributed by atoms with Crippen molar-refractivity contribution < 1.29 is 4.79 Å². The molecule has 3 heterocycles. The minimum absolute atomic E-state index is 0.0216. The molecule has 0 radical (unpaired) electrons. The molecule has 25 heavy (non-hydrogen) atoms. The zero-order valence-electron chi connectivity index (χ0n) is 14.9. The highest BCUT2D eigenvalue weighted by Crippen LogP contribution is 2.13. The van der Waals surface area contributed by atoms with Crippen molar-refractivity contribution in [2.45, 2.75) is 33.0 Å². The van der Waals surface area contributed by atoms with E-state index < -0.39 is 0 Å². The normalized spacial score (nSPS) is 19.0. The monoisotopic (exact) mass is 342 g/mol. The molecule has 1 saturated heterocycles. The third kappa shape index (κ3) is 4.64. The fourth-order valence-corrected chi connectivity index (χ4v) is 3.25. The van der Waals surface area contributed by atoms with E-state index in [4.69, 9.17) is 0 Å². The fraction of sp³-hybridized carbons (Fsp3) is 0.500. The molecule has 0 spiro atoms. The topological polar surface area (TPSA) is 66.3 Å². The number of anilines is 1. The van der Waals surface area contributed by atoms with Gasteiger partial charge in [0, 0.05) is 62.7 Å². The summed E-state index contributed by atoms with van der Waals surface area (Å²) in [6.07, 6.45) is 7.25. The van der Waals surface area contributed by atoms with Gasteiger partial charge in [-0.3, -0.25) is 19.6 Å². The number of pyridine rings is 1. The number of amides is 1. The smallest absolute Gasteiger partial charge is 0.238 e. The number of nitrogens with zero attached hydrogens (tertiary/aromatic N) is 5. The summed E-state index contributed by atoms with van der Waals surface area (Å²) < 4.78 is 2.18. The Morgan fingerprint density at radius 2 is 2.08 bits per heavy atom. The average Bonchev–Trinajstić information content (AvgIpc) is 3.05. The molecule has 1 aliphatic rings. The molecule has 3 rings (SSSR count). The van der Waals surface area contributed by atoms with Crippen LogP contribution < -0.4 is 5.32 Å². The summed E-state index contributed by atoms with van der Waals surface area (Å²) in [5.41, 5.74) is 0.790. The van der Waals surface area contributed by atoms with E-state index in [0.717, 1.165) is 44.2 Å². The Balaban J connectivity index is 1.49. The van der Waals surface area contributed by atoms with E-state index >= 15 is 0 Å². The summed E-state index contributed by atoms with van der Waals surface area (Å²) in [5, 5.41) is 2.92. The molecule has 0 bridgehead atoms. The second kappa shape index (κ2) is 8.22. The second-order valence-electron chi connectivity index (χ2n) is 6.47. The molecule has 1 N–H and O–H groups in total. The SMILES string of the molecule is CCn1ccnc1CN1CCN(CC(=O)Nc2ccncc2)CC1C. The first kappa shape index (κ1) is 17.6. The lowest BCUT2D eigenvalue weighted by Gasteiger charge is -2.39. The quantitative estimate of drug-likeness (QED) is 0.860. The summed E-state index contributed by atoms with van der Waals surface area (Å²) in [5.74, 6) is 1.13. The lowest BCUT2D eigenvalue weighted by molar-refractivity contribution is -0.118. The molecular weight excluding hydrogens is 316 g/mol. The second-order valence-corrected chi connectivity index (χ2v) is 6.47. The Kier molecular flexibility index (Phi) is 5.78. The van der Waals surface area contributed by atoms with Crippen LogP contribution in [0.25, 0.3) is 0 Å². The number of imidazole rings is 1. The molecule has 1 amide bonds. The molecule has 1 fully saturated rings. The largest absolute Gasteiger partial charge is 0.334 e. The average molecular weight is 342 g/mol. The van der Waals surface area contributed by atoms with Gasteiger partial charge in [-0.1, -0.05) is 0 Å². The van der Waals surface area contributed by atoms with Crippen molar-refractivity contribution in [3.8, 4) is 0 Å². The van der Waals surface area contributed by atoms with Gasteiger partial charge in [-0.05, 0) is 26.0 Å². The van der Waals surface area contributed by atoms with Crippen molar-refractivity contribution >= 4 is 11.6 Å². The Morgan fingerprint density at radius 3 is 2.80 bits per heavy atom. The van der Waals surface area contributed by atoms with E-state index in [-0.39, 0.29) is 5.91 Å². The number of aromatic nitrogens is 3. The van der Waals surface area contributed by atoms with Gasteiger partial charge in [-0.15, -0.1) is 0 Å². The minimum atomic E-state index is 0.0216. The van der Waals surface area contributed by atoms with Crippen LogP contribution in [0.2, 0.25) is 0 Å². The molecule has 1 atom stereocenters. The molecule has 134 valence electrons. The van der Waals surface area contributed by atoms with Crippen molar-refractivity contribution in [1.82, 2.24) is 24.3 Å². The summed E-state index contributed by atoms with van der Waals surface area (Å²) in [4.78, 5) is 25.3. The van der Waals surface area contributed by atoms with Gasteiger partial charge < -0.3 is 9.88 Å². The third-order valence-electron chi connectivity index (χ3n) is 4.67. The van der Waals surface area contributed by atoms with Crippen molar-refractivity contribution in [2.75, 3.05) is 31.5 Å². The standard InChI is InChI=1S/C18H26N6O/c1-3-23-9-8-20-17(23)13-24-11-10-22(12-15(24)2)14-18(25)21-16-4-6-19-7-5-16/h4-9,15H,3,10-14H2,1-2H3,(H,19,21,25). The molecule has 7 nitrogen and oxygen atoms in total. The molecule has 0 aliphatic carbocycles. The number of aryl methyl sites for hydroxylation is 1. The van der Waals surface area contributed by atoms with Crippen LogP contribution in [0.5, 0.6) is 0 Å². The zero-order valence-corrected chi connectivity index (χ0v) is 14.9. The maximum absolute atomic E-state index is 12.2. The van der Waals surface area contributed by atoms with Crippen LogP contribution in [0.15, 0.2) is 36.9 Å². The van der Waals surface area contributed by atoms with E-state index in [1.807, 2.05) is 12.4 Å². The van der Waals surface area contributed by atoms with Crippen molar-refractivity contribution in [2.24, 2.45) is 0 Å². The highest BCUT2D eigenvalue weighted by molar-refractivity contribution is 5.92. The Bertz CT molecular complexity index is 686. The molecule has 2 aromatic heterocycles. The van der Waals surface area contributed by atoms with Gasteiger partial charge >= 0.3 is 0 Å². The van der Waals surface area contributed by atoms with E-state index in [9.17, 15) is 4.79 Å². The minimum Gasteiger partial charge on any atom is -0.334 e. The zero-order chi connectivity index (χ0) is 17.6. The van der Waals surface area contributed by atoms with Gasteiger partial charge in [0.25, 0.3) is 0 Å². The van der Waals surface area contributed by atoms with Crippen LogP contribution in [-0.4, -0.2) is 62.5 Å².